The highest BCUT2D eigenvalue weighted by atomic mass is 32.1. The zero-order valence-electron chi connectivity index (χ0n) is 14.2. The van der Waals surface area contributed by atoms with Crippen molar-refractivity contribution < 1.29 is 14.6 Å². The molecule has 0 aliphatic rings. The van der Waals surface area contributed by atoms with Crippen LogP contribution in [0.15, 0.2) is 46.6 Å². The molecule has 1 aromatic carbocycles. The molecule has 0 unspecified atom stereocenters. The molecule has 4 aromatic rings. The zero-order valence-corrected chi connectivity index (χ0v) is 15.8. The van der Waals surface area contributed by atoms with Gasteiger partial charge in [0.05, 0.1) is 5.39 Å². The monoisotopic (exact) mass is 398 g/mol. The number of rotatable bonds is 4. The quantitative estimate of drug-likeness (QED) is 0.505. The molecule has 0 amide bonds. The van der Waals surface area contributed by atoms with Gasteiger partial charge in [0.15, 0.2) is 0 Å². The lowest BCUT2D eigenvalue weighted by Gasteiger charge is -2.06. The number of carbonyl (C=O) groups excluding carboxylic acids is 1. The molecular weight excluding hydrogens is 384 g/mol. The second-order valence-corrected chi connectivity index (χ2v) is 7.99. The van der Waals surface area contributed by atoms with Crippen LogP contribution in [0.4, 0.5) is 0 Å². The summed E-state index contributed by atoms with van der Waals surface area (Å²) >= 11 is 2.99. The smallest absolute Gasteiger partial charge is 0.342 e. The van der Waals surface area contributed by atoms with Crippen LogP contribution in [0, 0.1) is 6.92 Å². The number of aryl methyl sites for hydroxylation is 1. The van der Waals surface area contributed by atoms with Gasteiger partial charge in [-0.1, -0.05) is 12.1 Å². The van der Waals surface area contributed by atoms with Gasteiger partial charge >= 0.3 is 5.97 Å². The Balaban J connectivity index is 1.60. The van der Waals surface area contributed by atoms with Gasteiger partial charge in [-0.05, 0) is 31.2 Å². The Morgan fingerprint density at radius 3 is 2.81 bits per heavy atom. The first kappa shape index (κ1) is 17.4. The summed E-state index contributed by atoms with van der Waals surface area (Å²) in [4.78, 5) is 34.5. The summed E-state index contributed by atoms with van der Waals surface area (Å²) < 4.78 is 5.17. The van der Waals surface area contributed by atoms with Crippen LogP contribution in [0.2, 0.25) is 0 Å². The number of fused-ring (bicyclic) bond motifs is 1. The van der Waals surface area contributed by atoms with Crippen molar-refractivity contribution in [1.82, 2.24) is 9.97 Å². The summed E-state index contributed by atoms with van der Waals surface area (Å²) in [6.45, 7) is 1.83. The predicted octanol–water partition coefficient (Wildman–Crippen LogP) is 4.08. The Morgan fingerprint density at radius 1 is 1.26 bits per heavy atom. The Labute approximate surface area is 161 Å². The van der Waals surface area contributed by atoms with Crippen molar-refractivity contribution in [1.29, 1.82) is 0 Å². The Morgan fingerprint density at radius 2 is 2.07 bits per heavy atom. The molecule has 0 radical (unpaired) electrons. The molecule has 0 aliphatic carbocycles. The van der Waals surface area contributed by atoms with Crippen molar-refractivity contribution in [3.8, 4) is 16.2 Å². The van der Waals surface area contributed by atoms with E-state index < -0.39 is 5.97 Å². The number of hydrogen-bond donors (Lipinski definition) is 2. The number of aromatic amines is 1. The van der Waals surface area contributed by atoms with Gasteiger partial charge in [-0.15, -0.1) is 22.7 Å². The van der Waals surface area contributed by atoms with Crippen LogP contribution < -0.4 is 5.56 Å². The van der Waals surface area contributed by atoms with Gasteiger partial charge in [-0.2, -0.15) is 0 Å². The number of ether oxygens (including phenoxy) is 1. The largest absolute Gasteiger partial charge is 0.507 e. The summed E-state index contributed by atoms with van der Waals surface area (Å²) in [7, 11) is 0. The van der Waals surface area contributed by atoms with Gasteiger partial charge in [-0.3, -0.25) is 4.79 Å². The highest BCUT2D eigenvalue weighted by Gasteiger charge is 2.16. The third kappa shape index (κ3) is 3.36. The first-order chi connectivity index (χ1) is 13.0. The number of H-pyrrole nitrogens is 1. The second kappa shape index (κ2) is 6.98. The Hall–Kier alpha value is -2.97. The van der Waals surface area contributed by atoms with E-state index in [-0.39, 0.29) is 29.3 Å². The van der Waals surface area contributed by atoms with Crippen molar-refractivity contribution in [3.63, 3.8) is 0 Å². The van der Waals surface area contributed by atoms with Crippen molar-refractivity contribution in [2.45, 2.75) is 13.5 Å². The third-order valence-corrected chi connectivity index (χ3v) is 5.87. The maximum atomic E-state index is 12.6. The van der Waals surface area contributed by atoms with Crippen LogP contribution in [-0.2, 0) is 11.3 Å². The van der Waals surface area contributed by atoms with E-state index in [0.717, 1.165) is 10.4 Å². The molecule has 0 aliphatic heterocycles. The van der Waals surface area contributed by atoms with Crippen molar-refractivity contribution in [3.05, 3.63) is 68.4 Å². The van der Waals surface area contributed by atoms with Crippen LogP contribution in [0.5, 0.6) is 5.75 Å². The highest BCUT2D eigenvalue weighted by molar-refractivity contribution is 7.19. The topological polar surface area (TPSA) is 92.3 Å². The first-order valence-corrected chi connectivity index (χ1v) is 9.75. The van der Waals surface area contributed by atoms with E-state index in [1.807, 2.05) is 24.4 Å². The number of aromatic nitrogens is 2. The Kier molecular flexibility index (Phi) is 4.51. The number of para-hydroxylation sites is 1. The number of esters is 1. The van der Waals surface area contributed by atoms with E-state index in [1.165, 1.54) is 28.3 Å². The lowest BCUT2D eigenvalue weighted by Crippen LogP contribution is -2.14. The minimum atomic E-state index is -0.684. The minimum absolute atomic E-state index is 0.0624. The zero-order chi connectivity index (χ0) is 19.0. The number of phenolic OH excluding ortho intramolecular Hbond substituents is 1. The molecule has 2 N–H and O–H groups in total. The number of hydrogen-bond acceptors (Lipinski definition) is 7. The molecule has 0 atom stereocenters. The molecular formula is C19H14N2O4S2. The standard InChI is InChI=1S/C19H14N2O4S2/c1-10-6-7-14(27-10)12-9-26-18-16(12)17(23)20-15(21-18)8-25-19(24)11-4-2-3-5-13(11)22/h2-7,9,22H,8H2,1H3,(H,20,21,23). The van der Waals surface area contributed by atoms with E-state index in [1.54, 1.807) is 23.5 Å². The number of aromatic hydroxyl groups is 1. The molecule has 3 heterocycles. The molecule has 4 rings (SSSR count). The number of nitrogens with one attached hydrogen (secondary N) is 1. The third-order valence-electron chi connectivity index (χ3n) is 3.96. The molecule has 0 fully saturated rings. The van der Waals surface area contributed by atoms with E-state index >= 15 is 0 Å². The molecule has 0 saturated carbocycles. The number of benzene rings is 1. The van der Waals surface area contributed by atoms with Crippen LogP contribution >= 0.6 is 22.7 Å². The summed E-state index contributed by atoms with van der Waals surface area (Å²) in [5.74, 6) is -0.586. The van der Waals surface area contributed by atoms with Crippen LogP contribution in [-0.4, -0.2) is 21.0 Å². The average Bonchev–Trinajstić information content (AvgIpc) is 3.26. The molecule has 0 saturated heterocycles. The van der Waals surface area contributed by atoms with Crippen molar-refractivity contribution in [2.75, 3.05) is 0 Å². The maximum Gasteiger partial charge on any atom is 0.342 e. The average molecular weight is 398 g/mol. The van der Waals surface area contributed by atoms with Gasteiger partial charge in [0.1, 0.15) is 28.6 Å². The van der Waals surface area contributed by atoms with Crippen LogP contribution in [0.3, 0.4) is 0 Å². The van der Waals surface area contributed by atoms with Gasteiger partial charge in [-0.25, -0.2) is 9.78 Å². The van der Waals surface area contributed by atoms with Crippen molar-refractivity contribution in [2.24, 2.45) is 0 Å². The molecule has 6 nitrogen and oxygen atoms in total. The second-order valence-electron chi connectivity index (χ2n) is 5.85. The Bertz CT molecular complexity index is 1210. The van der Waals surface area contributed by atoms with Gasteiger partial charge in [0, 0.05) is 20.7 Å². The first-order valence-electron chi connectivity index (χ1n) is 8.05. The van der Waals surface area contributed by atoms with E-state index in [4.69, 9.17) is 4.74 Å². The summed E-state index contributed by atoms with van der Waals surface area (Å²) in [5.41, 5.74) is 0.655. The lowest BCUT2D eigenvalue weighted by molar-refractivity contribution is 0.0459. The van der Waals surface area contributed by atoms with Crippen molar-refractivity contribution >= 4 is 38.9 Å². The lowest BCUT2D eigenvalue weighted by atomic mass is 10.2. The number of phenols is 1. The summed E-state index contributed by atoms with van der Waals surface area (Å²) in [6, 6.07) is 10.1. The predicted molar refractivity (Wildman–Crippen MR) is 106 cm³/mol. The molecule has 3 aromatic heterocycles. The minimum Gasteiger partial charge on any atom is -0.507 e. The fraction of sp³-hybridized carbons (Fsp3) is 0.105. The summed E-state index contributed by atoms with van der Waals surface area (Å²) in [6.07, 6.45) is 0. The fourth-order valence-electron chi connectivity index (χ4n) is 2.68. The number of carbonyl (C=O) groups is 1. The molecule has 27 heavy (non-hydrogen) atoms. The normalized spacial score (nSPS) is 11.0. The number of thiophene rings is 2. The van der Waals surface area contributed by atoms with Gasteiger partial charge in [0.25, 0.3) is 5.56 Å². The summed E-state index contributed by atoms with van der Waals surface area (Å²) in [5, 5.41) is 12.2. The van der Waals surface area contributed by atoms with Crippen LogP contribution in [0.1, 0.15) is 21.1 Å². The van der Waals surface area contributed by atoms with E-state index in [0.29, 0.717) is 10.2 Å². The molecule has 0 spiro atoms. The molecule has 0 bridgehead atoms. The maximum absolute atomic E-state index is 12.6. The number of nitrogens with zero attached hydrogens (tertiary/aromatic N) is 1. The van der Waals surface area contributed by atoms with Gasteiger partial charge in [0.2, 0.25) is 0 Å². The fourth-order valence-corrected chi connectivity index (χ4v) is 4.60. The van der Waals surface area contributed by atoms with E-state index in [9.17, 15) is 14.7 Å². The van der Waals surface area contributed by atoms with E-state index in [2.05, 4.69) is 9.97 Å². The SMILES string of the molecule is Cc1ccc(-c2csc3nc(COC(=O)c4ccccc4O)[nH]c(=O)c23)s1. The highest BCUT2D eigenvalue weighted by Crippen LogP contribution is 2.35. The van der Waals surface area contributed by atoms with Gasteiger partial charge < -0.3 is 14.8 Å². The molecule has 8 heteroatoms. The molecule has 136 valence electrons. The van der Waals surface area contributed by atoms with Crippen LogP contribution in [0.25, 0.3) is 20.7 Å².